The molecule has 0 aromatic carbocycles. The lowest BCUT2D eigenvalue weighted by Gasteiger charge is -2.21. The Morgan fingerprint density at radius 2 is 2.50 bits per heavy atom. The van der Waals surface area contributed by atoms with Gasteiger partial charge >= 0.3 is 0 Å². The predicted octanol–water partition coefficient (Wildman–Crippen LogP) is 0.973. The van der Waals surface area contributed by atoms with Gasteiger partial charge in [0.25, 0.3) is 0 Å². The zero-order valence-electron chi connectivity index (χ0n) is 6.01. The summed E-state index contributed by atoms with van der Waals surface area (Å²) in [5.74, 6) is 0. The Kier molecular flexibility index (Phi) is 5.69. The molecular weight excluding hydrogens is 150 g/mol. The monoisotopic (exact) mass is 163 g/mol. The fourth-order valence-corrected chi connectivity index (χ4v) is 0.957. The topological polar surface area (TPSA) is 21.3 Å². The zero-order chi connectivity index (χ0) is 6.53. The van der Waals surface area contributed by atoms with Crippen LogP contribution in [0.3, 0.4) is 0 Å². The van der Waals surface area contributed by atoms with Crippen LogP contribution in [-0.4, -0.2) is 25.8 Å². The van der Waals surface area contributed by atoms with E-state index in [1.807, 2.05) is 6.08 Å². The molecular formula is C7H14ClNO. The predicted molar refractivity (Wildman–Crippen MR) is 44.7 cm³/mol. The smallest absolute Gasteiger partial charge is 0.0734 e. The van der Waals surface area contributed by atoms with Gasteiger partial charge in [-0.2, -0.15) is 0 Å². The molecule has 10 heavy (non-hydrogen) atoms. The van der Waals surface area contributed by atoms with Gasteiger partial charge in [-0.1, -0.05) is 6.08 Å². The molecule has 1 heterocycles. The number of hydrogen-bond donors (Lipinski definition) is 1. The molecule has 0 aliphatic carbocycles. The summed E-state index contributed by atoms with van der Waals surface area (Å²) >= 11 is 0. The van der Waals surface area contributed by atoms with E-state index in [0.29, 0.717) is 6.10 Å². The molecule has 2 nitrogen and oxygen atoms in total. The van der Waals surface area contributed by atoms with Crippen molar-refractivity contribution in [3.63, 3.8) is 0 Å². The van der Waals surface area contributed by atoms with E-state index < -0.39 is 0 Å². The fraction of sp³-hybridized carbons (Fsp3) is 0.714. The molecule has 0 saturated carbocycles. The Morgan fingerprint density at radius 1 is 1.70 bits per heavy atom. The van der Waals surface area contributed by atoms with Gasteiger partial charge in [0, 0.05) is 13.1 Å². The maximum Gasteiger partial charge on any atom is 0.0734 e. The first-order chi connectivity index (χ1) is 4.43. The lowest BCUT2D eigenvalue weighted by Crippen LogP contribution is -2.38. The summed E-state index contributed by atoms with van der Waals surface area (Å²) in [5, 5.41) is 3.25. The second-order valence-corrected chi connectivity index (χ2v) is 2.22. The standard InChI is InChI=1S/C7H13NO.ClH/c1-2-3-7-6-8-4-5-9-7;/h2,7-8H,1,3-6H2;1H. The lowest BCUT2D eigenvalue weighted by atomic mass is 10.2. The van der Waals surface area contributed by atoms with Gasteiger partial charge in [0.2, 0.25) is 0 Å². The summed E-state index contributed by atoms with van der Waals surface area (Å²) in [5.41, 5.74) is 0. The molecule has 1 N–H and O–H groups in total. The average molecular weight is 164 g/mol. The van der Waals surface area contributed by atoms with Gasteiger partial charge in [-0.25, -0.2) is 0 Å². The molecule has 0 aromatic rings. The number of hydrogen-bond acceptors (Lipinski definition) is 2. The Balaban J connectivity index is 0.000000810. The quantitative estimate of drug-likeness (QED) is 0.613. The third-order valence-corrected chi connectivity index (χ3v) is 1.43. The highest BCUT2D eigenvalue weighted by atomic mass is 35.5. The number of rotatable bonds is 2. The molecule has 0 spiro atoms. The fourth-order valence-electron chi connectivity index (χ4n) is 0.957. The van der Waals surface area contributed by atoms with Crippen molar-refractivity contribution >= 4 is 12.4 Å². The van der Waals surface area contributed by atoms with Gasteiger partial charge in [-0.3, -0.25) is 0 Å². The van der Waals surface area contributed by atoms with Crippen LogP contribution < -0.4 is 5.32 Å². The van der Waals surface area contributed by atoms with Crippen LogP contribution in [0.1, 0.15) is 6.42 Å². The maximum atomic E-state index is 5.38. The van der Waals surface area contributed by atoms with Crippen molar-refractivity contribution in [1.29, 1.82) is 0 Å². The highest BCUT2D eigenvalue weighted by Gasteiger charge is 2.09. The van der Waals surface area contributed by atoms with Gasteiger partial charge in [-0.05, 0) is 6.42 Å². The highest BCUT2D eigenvalue weighted by Crippen LogP contribution is 2.00. The molecule has 1 fully saturated rings. The molecule has 1 saturated heterocycles. The van der Waals surface area contributed by atoms with Crippen molar-refractivity contribution in [1.82, 2.24) is 5.32 Å². The molecule has 0 amide bonds. The van der Waals surface area contributed by atoms with E-state index in [9.17, 15) is 0 Å². The molecule has 0 aromatic heterocycles. The van der Waals surface area contributed by atoms with E-state index in [0.717, 1.165) is 26.1 Å². The summed E-state index contributed by atoms with van der Waals surface area (Å²) in [4.78, 5) is 0. The van der Waals surface area contributed by atoms with Gasteiger partial charge in [0.05, 0.1) is 12.7 Å². The van der Waals surface area contributed by atoms with Crippen molar-refractivity contribution in [2.75, 3.05) is 19.7 Å². The minimum absolute atomic E-state index is 0. The van der Waals surface area contributed by atoms with Crippen molar-refractivity contribution in [3.8, 4) is 0 Å². The number of nitrogens with one attached hydrogen (secondary N) is 1. The van der Waals surface area contributed by atoms with E-state index in [4.69, 9.17) is 4.74 Å². The first-order valence-corrected chi connectivity index (χ1v) is 3.36. The molecule has 3 heteroatoms. The van der Waals surface area contributed by atoms with E-state index >= 15 is 0 Å². The van der Waals surface area contributed by atoms with E-state index in [1.165, 1.54) is 0 Å². The summed E-state index contributed by atoms with van der Waals surface area (Å²) in [6, 6.07) is 0. The van der Waals surface area contributed by atoms with Gasteiger partial charge in [-0.15, -0.1) is 19.0 Å². The average Bonchev–Trinajstić information content (AvgIpc) is 1.91. The number of halogens is 1. The third kappa shape index (κ3) is 3.20. The first-order valence-electron chi connectivity index (χ1n) is 3.36. The summed E-state index contributed by atoms with van der Waals surface area (Å²) in [6.45, 7) is 6.46. The molecule has 1 aliphatic rings. The zero-order valence-corrected chi connectivity index (χ0v) is 6.82. The lowest BCUT2D eigenvalue weighted by molar-refractivity contribution is 0.0309. The Labute approximate surface area is 68.0 Å². The highest BCUT2D eigenvalue weighted by molar-refractivity contribution is 5.85. The van der Waals surface area contributed by atoms with Crippen LogP contribution in [0.25, 0.3) is 0 Å². The molecule has 0 radical (unpaired) electrons. The van der Waals surface area contributed by atoms with Crippen LogP contribution in [0.5, 0.6) is 0 Å². The Bertz CT molecular complexity index is 91.6. The normalized spacial score (nSPS) is 25.0. The van der Waals surface area contributed by atoms with Crippen LogP contribution in [0, 0.1) is 0 Å². The molecule has 1 rings (SSSR count). The van der Waals surface area contributed by atoms with Gasteiger partial charge in [0.1, 0.15) is 0 Å². The number of morpholine rings is 1. The molecule has 1 aliphatic heterocycles. The molecule has 1 unspecified atom stereocenters. The summed E-state index contributed by atoms with van der Waals surface area (Å²) in [7, 11) is 0. The second kappa shape index (κ2) is 5.71. The van der Waals surface area contributed by atoms with Crippen molar-refractivity contribution in [3.05, 3.63) is 12.7 Å². The summed E-state index contributed by atoms with van der Waals surface area (Å²) in [6.07, 6.45) is 3.24. The molecule has 60 valence electrons. The largest absolute Gasteiger partial charge is 0.375 e. The third-order valence-electron chi connectivity index (χ3n) is 1.43. The van der Waals surface area contributed by atoms with Gasteiger partial charge in [0.15, 0.2) is 0 Å². The Hall–Kier alpha value is -0.0500. The SMILES string of the molecule is C=CCC1CNCCO1.Cl. The minimum Gasteiger partial charge on any atom is -0.375 e. The van der Waals surface area contributed by atoms with Gasteiger partial charge < -0.3 is 10.1 Å². The maximum absolute atomic E-state index is 5.38. The minimum atomic E-state index is 0. The summed E-state index contributed by atoms with van der Waals surface area (Å²) < 4.78 is 5.38. The van der Waals surface area contributed by atoms with Crippen LogP contribution in [-0.2, 0) is 4.74 Å². The van der Waals surface area contributed by atoms with E-state index in [1.54, 1.807) is 0 Å². The van der Waals surface area contributed by atoms with Crippen LogP contribution in [0.15, 0.2) is 12.7 Å². The van der Waals surface area contributed by atoms with Crippen molar-refractivity contribution in [2.45, 2.75) is 12.5 Å². The first kappa shape index (κ1) is 9.95. The Morgan fingerprint density at radius 3 is 3.00 bits per heavy atom. The van der Waals surface area contributed by atoms with Crippen LogP contribution in [0.4, 0.5) is 0 Å². The van der Waals surface area contributed by atoms with Crippen LogP contribution in [0.2, 0.25) is 0 Å². The van der Waals surface area contributed by atoms with E-state index in [-0.39, 0.29) is 12.4 Å². The van der Waals surface area contributed by atoms with Crippen LogP contribution >= 0.6 is 12.4 Å². The van der Waals surface area contributed by atoms with E-state index in [2.05, 4.69) is 11.9 Å². The molecule has 1 atom stereocenters. The second-order valence-electron chi connectivity index (χ2n) is 2.22. The van der Waals surface area contributed by atoms with Crippen molar-refractivity contribution < 1.29 is 4.74 Å². The van der Waals surface area contributed by atoms with Crippen molar-refractivity contribution in [2.24, 2.45) is 0 Å². The molecule has 0 bridgehead atoms. The number of ether oxygens (including phenoxy) is 1.